The summed E-state index contributed by atoms with van der Waals surface area (Å²) in [4.78, 5) is 2.16. The molecule has 5 nitrogen and oxygen atoms in total. The molecular formula is C19H22BrNO4S. The van der Waals surface area contributed by atoms with E-state index < -0.39 is 10.1 Å². The van der Waals surface area contributed by atoms with Crippen molar-refractivity contribution in [3.63, 3.8) is 0 Å². The molecule has 0 N–H and O–H groups in total. The van der Waals surface area contributed by atoms with Gasteiger partial charge in [-0.1, -0.05) is 46.3 Å². The predicted octanol–water partition coefficient (Wildman–Crippen LogP) is 3.59. The summed E-state index contributed by atoms with van der Waals surface area (Å²) < 4.78 is 34.9. The number of hydrogen-bond donors (Lipinski definition) is 0. The van der Waals surface area contributed by atoms with E-state index in [1.807, 2.05) is 54.6 Å². The summed E-state index contributed by atoms with van der Waals surface area (Å²) in [6, 6.07) is 17.9. The molecule has 0 saturated carbocycles. The molecular weight excluding hydrogens is 418 g/mol. The Balaban J connectivity index is 1.68. The van der Waals surface area contributed by atoms with Crippen LogP contribution in [0.5, 0.6) is 0 Å². The molecule has 1 aliphatic rings. The Kier molecular flexibility index (Phi) is 6.34. The van der Waals surface area contributed by atoms with Gasteiger partial charge in [0.05, 0.1) is 31.6 Å². The zero-order valence-corrected chi connectivity index (χ0v) is 16.9. The van der Waals surface area contributed by atoms with Crippen LogP contribution in [-0.4, -0.2) is 40.0 Å². The Hall–Kier alpha value is -1.41. The van der Waals surface area contributed by atoms with E-state index in [1.54, 1.807) is 0 Å². The third kappa shape index (κ3) is 5.54. The summed E-state index contributed by atoms with van der Waals surface area (Å²) in [5.41, 5.74) is 2.15. The molecule has 0 unspecified atom stereocenters. The van der Waals surface area contributed by atoms with Gasteiger partial charge in [0.15, 0.2) is 0 Å². The molecule has 2 aromatic carbocycles. The SMILES string of the molecule is CS(=O)(=O)OC[C@@H]1C[C@@H](OCc2ccccc2)CN1c1ccc(Br)cc1. The third-order valence-corrected chi connectivity index (χ3v) is 5.43. The van der Waals surface area contributed by atoms with Gasteiger partial charge in [-0.2, -0.15) is 8.42 Å². The zero-order valence-electron chi connectivity index (χ0n) is 14.5. The molecule has 0 radical (unpaired) electrons. The fraction of sp³-hybridized carbons (Fsp3) is 0.368. The van der Waals surface area contributed by atoms with Crippen LogP contribution < -0.4 is 4.90 Å². The number of benzene rings is 2. The monoisotopic (exact) mass is 439 g/mol. The molecule has 1 aliphatic heterocycles. The van der Waals surface area contributed by atoms with Crippen LogP contribution in [-0.2, 0) is 25.6 Å². The Bertz CT molecular complexity index is 811. The second-order valence-corrected chi connectivity index (χ2v) is 8.99. The number of hydrogen-bond acceptors (Lipinski definition) is 5. The first kappa shape index (κ1) is 19.4. The van der Waals surface area contributed by atoms with Crippen LogP contribution >= 0.6 is 15.9 Å². The molecule has 0 spiro atoms. The maximum Gasteiger partial charge on any atom is 0.264 e. The third-order valence-electron chi connectivity index (χ3n) is 4.34. The van der Waals surface area contributed by atoms with Crippen LogP contribution in [0.1, 0.15) is 12.0 Å². The second kappa shape index (κ2) is 8.52. The molecule has 1 fully saturated rings. The fourth-order valence-electron chi connectivity index (χ4n) is 3.09. The van der Waals surface area contributed by atoms with Gasteiger partial charge in [-0.15, -0.1) is 0 Å². The number of halogens is 1. The van der Waals surface area contributed by atoms with Crippen molar-refractivity contribution in [1.29, 1.82) is 0 Å². The number of rotatable bonds is 7. The minimum Gasteiger partial charge on any atom is -0.372 e. The molecule has 1 heterocycles. The van der Waals surface area contributed by atoms with Crippen molar-refractivity contribution in [3.05, 3.63) is 64.6 Å². The minimum absolute atomic E-state index is 0.0204. The maximum absolute atomic E-state index is 11.4. The summed E-state index contributed by atoms with van der Waals surface area (Å²) in [7, 11) is -3.47. The van der Waals surface area contributed by atoms with Crippen molar-refractivity contribution in [3.8, 4) is 0 Å². The fourth-order valence-corrected chi connectivity index (χ4v) is 3.76. The van der Waals surface area contributed by atoms with Crippen LogP contribution in [0, 0.1) is 0 Å². The maximum atomic E-state index is 11.4. The van der Waals surface area contributed by atoms with Gasteiger partial charge >= 0.3 is 0 Å². The summed E-state index contributed by atoms with van der Waals surface area (Å²) in [6.45, 7) is 1.37. The van der Waals surface area contributed by atoms with E-state index in [2.05, 4.69) is 20.8 Å². The second-order valence-electron chi connectivity index (χ2n) is 6.43. The first-order valence-corrected chi connectivity index (χ1v) is 11.0. The normalized spacial score (nSPS) is 20.5. The highest BCUT2D eigenvalue weighted by molar-refractivity contribution is 9.10. The Morgan fingerprint density at radius 1 is 1.12 bits per heavy atom. The molecule has 0 aliphatic carbocycles. The van der Waals surface area contributed by atoms with Gasteiger partial charge in [-0.05, 0) is 36.2 Å². The lowest BCUT2D eigenvalue weighted by molar-refractivity contribution is 0.0521. The summed E-state index contributed by atoms with van der Waals surface area (Å²) in [5, 5.41) is 0. The summed E-state index contributed by atoms with van der Waals surface area (Å²) >= 11 is 3.44. The lowest BCUT2D eigenvalue weighted by Gasteiger charge is -2.26. The molecule has 2 atom stereocenters. The van der Waals surface area contributed by atoms with Crippen molar-refractivity contribution < 1.29 is 17.3 Å². The van der Waals surface area contributed by atoms with Crippen LogP contribution in [0.4, 0.5) is 5.69 Å². The van der Waals surface area contributed by atoms with Gasteiger partial charge in [0, 0.05) is 16.7 Å². The Morgan fingerprint density at radius 3 is 2.46 bits per heavy atom. The van der Waals surface area contributed by atoms with E-state index in [1.165, 1.54) is 0 Å². The molecule has 140 valence electrons. The first-order chi connectivity index (χ1) is 12.4. The van der Waals surface area contributed by atoms with E-state index in [9.17, 15) is 8.42 Å². The van der Waals surface area contributed by atoms with Gasteiger partial charge in [-0.3, -0.25) is 4.18 Å². The van der Waals surface area contributed by atoms with Gasteiger partial charge in [0.2, 0.25) is 0 Å². The van der Waals surface area contributed by atoms with E-state index in [-0.39, 0.29) is 18.8 Å². The molecule has 0 bridgehead atoms. The highest BCUT2D eigenvalue weighted by atomic mass is 79.9. The molecule has 3 rings (SSSR count). The number of ether oxygens (including phenoxy) is 1. The molecule has 7 heteroatoms. The van der Waals surface area contributed by atoms with Crippen molar-refractivity contribution in [1.82, 2.24) is 0 Å². The average Bonchev–Trinajstić information content (AvgIpc) is 3.02. The lowest BCUT2D eigenvalue weighted by atomic mass is 10.2. The standard InChI is InChI=1S/C19H22BrNO4S/c1-26(22,23)25-14-18-11-19(24-13-15-5-3-2-4-6-15)12-21(18)17-9-7-16(20)8-10-17/h2-10,18-19H,11-14H2,1H3/t18-,19+/m0/s1. The van der Waals surface area contributed by atoms with Gasteiger partial charge in [0.25, 0.3) is 10.1 Å². The first-order valence-electron chi connectivity index (χ1n) is 8.43. The Morgan fingerprint density at radius 2 is 1.81 bits per heavy atom. The van der Waals surface area contributed by atoms with Crippen molar-refractivity contribution in [2.75, 3.05) is 24.3 Å². The van der Waals surface area contributed by atoms with E-state index in [0.717, 1.165) is 28.4 Å². The predicted molar refractivity (Wildman–Crippen MR) is 106 cm³/mol. The Labute approximate surface area is 163 Å². The van der Waals surface area contributed by atoms with Gasteiger partial charge in [-0.25, -0.2) is 0 Å². The van der Waals surface area contributed by atoms with Crippen molar-refractivity contribution in [2.45, 2.75) is 25.2 Å². The van der Waals surface area contributed by atoms with Gasteiger partial charge < -0.3 is 9.64 Å². The summed E-state index contributed by atoms with van der Waals surface area (Å²) in [5.74, 6) is 0. The zero-order chi connectivity index (χ0) is 18.6. The van der Waals surface area contributed by atoms with E-state index in [4.69, 9.17) is 8.92 Å². The van der Waals surface area contributed by atoms with E-state index in [0.29, 0.717) is 13.2 Å². The van der Waals surface area contributed by atoms with Crippen molar-refractivity contribution >= 4 is 31.7 Å². The minimum atomic E-state index is -3.47. The highest BCUT2D eigenvalue weighted by Gasteiger charge is 2.33. The molecule has 26 heavy (non-hydrogen) atoms. The van der Waals surface area contributed by atoms with Gasteiger partial charge in [0.1, 0.15) is 0 Å². The average molecular weight is 440 g/mol. The van der Waals surface area contributed by atoms with Crippen LogP contribution in [0.25, 0.3) is 0 Å². The molecule has 0 amide bonds. The molecule has 0 aromatic heterocycles. The summed E-state index contributed by atoms with van der Waals surface area (Å²) in [6.07, 6.45) is 1.82. The van der Waals surface area contributed by atoms with Crippen LogP contribution in [0.15, 0.2) is 59.1 Å². The quantitative estimate of drug-likeness (QED) is 0.616. The molecule has 2 aromatic rings. The molecule has 1 saturated heterocycles. The number of anilines is 1. The van der Waals surface area contributed by atoms with Crippen LogP contribution in [0.3, 0.4) is 0 Å². The number of nitrogens with zero attached hydrogens (tertiary/aromatic N) is 1. The van der Waals surface area contributed by atoms with E-state index >= 15 is 0 Å². The smallest absolute Gasteiger partial charge is 0.264 e. The topological polar surface area (TPSA) is 55.8 Å². The largest absolute Gasteiger partial charge is 0.372 e. The highest BCUT2D eigenvalue weighted by Crippen LogP contribution is 2.29. The lowest BCUT2D eigenvalue weighted by Crippen LogP contribution is -2.34. The van der Waals surface area contributed by atoms with Crippen molar-refractivity contribution in [2.24, 2.45) is 0 Å². The van der Waals surface area contributed by atoms with Crippen LogP contribution in [0.2, 0.25) is 0 Å².